The molecule has 1 saturated heterocycles. The van der Waals surface area contributed by atoms with Gasteiger partial charge in [0.2, 0.25) is 0 Å². The minimum atomic E-state index is 0.305. The molecule has 1 aromatic rings. The van der Waals surface area contributed by atoms with Crippen LogP contribution in [0.5, 0.6) is 0 Å². The first-order valence-electron chi connectivity index (χ1n) is 6.65. The second kappa shape index (κ2) is 5.69. The Morgan fingerprint density at radius 1 is 1.35 bits per heavy atom. The molecule has 1 aliphatic heterocycles. The predicted octanol–water partition coefficient (Wildman–Crippen LogP) is 2.66. The number of nitrogens with zero attached hydrogens (tertiary/aromatic N) is 1. The molecule has 1 aliphatic rings. The Morgan fingerprint density at radius 3 is 2.65 bits per heavy atom. The highest BCUT2D eigenvalue weighted by molar-refractivity contribution is 5.03. The summed E-state index contributed by atoms with van der Waals surface area (Å²) in [6.45, 7) is 6.93. The lowest BCUT2D eigenvalue weighted by molar-refractivity contribution is 0.183. The lowest BCUT2D eigenvalue weighted by Crippen LogP contribution is -2.41. The average Bonchev–Trinajstić information content (AvgIpc) is 2.83. The van der Waals surface area contributed by atoms with Crippen LogP contribution in [0.3, 0.4) is 0 Å². The van der Waals surface area contributed by atoms with Crippen molar-refractivity contribution in [3.8, 4) is 0 Å². The Kier molecular flexibility index (Phi) is 4.24. The Balaban J connectivity index is 1.82. The number of hydrogen-bond acceptors (Lipinski definition) is 3. The van der Waals surface area contributed by atoms with Crippen LogP contribution in [-0.4, -0.2) is 31.1 Å². The third-order valence-corrected chi connectivity index (χ3v) is 3.95. The SMILES string of the molecule is CC(NC(C)C1CCN(C)CC1)c1ccco1. The van der Waals surface area contributed by atoms with Gasteiger partial charge < -0.3 is 14.6 Å². The number of hydrogen-bond donors (Lipinski definition) is 1. The van der Waals surface area contributed by atoms with E-state index in [2.05, 4.69) is 31.1 Å². The lowest BCUT2D eigenvalue weighted by Gasteiger charge is -2.34. The van der Waals surface area contributed by atoms with Crippen LogP contribution in [0.15, 0.2) is 22.8 Å². The first kappa shape index (κ1) is 12.7. The van der Waals surface area contributed by atoms with Gasteiger partial charge in [0.05, 0.1) is 12.3 Å². The fourth-order valence-corrected chi connectivity index (χ4v) is 2.68. The van der Waals surface area contributed by atoms with Crippen molar-refractivity contribution >= 4 is 0 Å². The minimum absolute atomic E-state index is 0.305. The summed E-state index contributed by atoms with van der Waals surface area (Å²) in [5.41, 5.74) is 0. The van der Waals surface area contributed by atoms with Gasteiger partial charge in [0.25, 0.3) is 0 Å². The molecule has 1 N–H and O–H groups in total. The van der Waals surface area contributed by atoms with Crippen LogP contribution < -0.4 is 5.32 Å². The molecule has 2 heterocycles. The maximum atomic E-state index is 5.43. The Hall–Kier alpha value is -0.800. The van der Waals surface area contributed by atoms with Crippen LogP contribution in [0, 0.1) is 5.92 Å². The van der Waals surface area contributed by atoms with Gasteiger partial charge in [0.1, 0.15) is 5.76 Å². The van der Waals surface area contributed by atoms with Crippen molar-refractivity contribution in [1.82, 2.24) is 10.2 Å². The molecular formula is C14H24N2O. The van der Waals surface area contributed by atoms with Gasteiger partial charge in [0.15, 0.2) is 0 Å². The number of nitrogens with one attached hydrogen (secondary N) is 1. The van der Waals surface area contributed by atoms with Gasteiger partial charge in [-0.3, -0.25) is 0 Å². The van der Waals surface area contributed by atoms with Crippen LogP contribution in [-0.2, 0) is 0 Å². The molecule has 2 atom stereocenters. The van der Waals surface area contributed by atoms with Crippen molar-refractivity contribution in [2.75, 3.05) is 20.1 Å². The van der Waals surface area contributed by atoms with Crippen LogP contribution in [0.4, 0.5) is 0 Å². The number of likely N-dealkylation sites (tertiary alicyclic amines) is 1. The van der Waals surface area contributed by atoms with E-state index in [1.165, 1.54) is 25.9 Å². The maximum absolute atomic E-state index is 5.43. The molecule has 3 heteroatoms. The quantitative estimate of drug-likeness (QED) is 0.871. The molecule has 3 nitrogen and oxygen atoms in total. The van der Waals surface area contributed by atoms with E-state index in [9.17, 15) is 0 Å². The molecule has 1 fully saturated rings. The second-order valence-corrected chi connectivity index (χ2v) is 5.33. The molecule has 96 valence electrons. The summed E-state index contributed by atoms with van der Waals surface area (Å²) >= 11 is 0. The zero-order chi connectivity index (χ0) is 12.3. The third-order valence-electron chi connectivity index (χ3n) is 3.95. The van der Waals surface area contributed by atoms with Crippen molar-refractivity contribution in [2.45, 2.75) is 38.8 Å². The van der Waals surface area contributed by atoms with Gasteiger partial charge >= 0.3 is 0 Å². The van der Waals surface area contributed by atoms with Crippen molar-refractivity contribution < 1.29 is 4.42 Å². The van der Waals surface area contributed by atoms with Gasteiger partial charge in [-0.1, -0.05) is 0 Å². The van der Waals surface area contributed by atoms with Crippen LogP contribution >= 0.6 is 0 Å². The van der Waals surface area contributed by atoms with Crippen LogP contribution in [0.2, 0.25) is 0 Å². The summed E-state index contributed by atoms with van der Waals surface area (Å²) in [5, 5.41) is 3.65. The van der Waals surface area contributed by atoms with E-state index in [0.717, 1.165) is 11.7 Å². The van der Waals surface area contributed by atoms with Gasteiger partial charge in [-0.05, 0) is 64.9 Å². The zero-order valence-electron chi connectivity index (χ0n) is 11.1. The molecular weight excluding hydrogens is 212 g/mol. The van der Waals surface area contributed by atoms with Crippen LogP contribution in [0.25, 0.3) is 0 Å². The Morgan fingerprint density at radius 2 is 2.06 bits per heavy atom. The van der Waals surface area contributed by atoms with Gasteiger partial charge in [-0.25, -0.2) is 0 Å². The standard InChI is InChI=1S/C14H24N2O/c1-11(13-6-8-16(3)9-7-13)15-12(2)14-5-4-10-17-14/h4-5,10-13,15H,6-9H2,1-3H3. The number of piperidine rings is 1. The van der Waals surface area contributed by atoms with Crippen molar-refractivity contribution in [3.63, 3.8) is 0 Å². The largest absolute Gasteiger partial charge is 0.468 e. The third kappa shape index (κ3) is 3.33. The predicted molar refractivity (Wildman–Crippen MR) is 69.9 cm³/mol. The summed E-state index contributed by atoms with van der Waals surface area (Å²) in [6.07, 6.45) is 4.35. The fraction of sp³-hybridized carbons (Fsp3) is 0.714. The van der Waals surface area contributed by atoms with Gasteiger partial charge in [-0.15, -0.1) is 0 Å². The maximum Gasteiger partial charge on any atom is 0.120 e. The monoisotopic (exact) mass is 236 g/mol. The van der Waals surface area contributed by atoms with Crippen molar-refractivity contribution in [2.24, 2.45) is 5.92 Å². The molecule has 0 aromatic carbocycles. The molecule has 0 bridgehead atoms. The summed E-state index contributed by atoms with van der Waals surface area (Å²) in [4.78, 5) is 2.42. The Labute approximate surface area is 104 Å². The molecule has 2 unspecified atom stereocenters. The molecule has 0 saturated carbocycles. The highest BCUT2D eigenvalue weighted by Gasteiger charge is 2.23. The summed E-state index contributed by atoms with van der Waals surface area (Å²) < 4.78 is 5.43. The Bertz CT molecular complexity index is 315. The van der Waals surface area contributed by atoms with E-state index in [1.54, 1.807) is 6.26 Å². The minimum Gasteiger partial charge on any atom is -0.468 e. The molecule has 0 aliphatic carbocycles. The van der Waals surface area contributed by atoms with E-state index < -0.39 is 0 Å². The molecule has 0 radical (unpaired) electrons. The normalized spacial score (nSPS) is 22.5. The summed E-state index contributed by atoms with van der Waals surface area (Å²) in [7, 11) is 2.21. The lowest BCUT2D eigenvalue weighted by atomic mass is 9.90. The van der Waals surface area contributed by atoms with E-state index >= 15 is 0 Å². The second-order valence-electron chi connectivity index (χ2n) is 5.33. The summed E-state index contributed by atoms with van der Waals surface area (Å²) in [5.74, 6) is 1.83. The van der Waals surface area contributed by atoms with Gasteiger partial charge in [0, 0.05) is 6.04 Å². The van der Waals surface area contributed by atoms with Crippen molar-refractivity contribution in [3.05, 3.63) is 24.2 Å². The molecule has 0 amide bonds. The zero-order valence-corrected chi connectivity index (χ0v) is 11.1. The van der Waals surface area contributed by atoms with E-state index in [1.807, 2.05) is 12.1 Å². The molecule has 1 aromatic heterocycles. The highest BCUT2D eigenvalue weighted by atomic mass is 16.3. The number of rotatable bonds is 4. The molecule has 17 heavy (non-hydrogen) atoms. The molecule has 0 spiro atoms. The topological polar surface area (TPSA) is 28.4 Å². The van der Waals surface area contributed by atoms with E-state index in [0.29, 0.717) is 12.1 Å². The fourth-order valence-electron chi connectivity index (χ4n) is 2.68. The highest BCUT2D eigenvalue weighted by Crippen LogP contribution is 2.22. The van der Waals surface area contributed by atoms with Crippen LogP contribution in [0.1, 0.15) is 38.5 Å². The van der Waals surface area contributed by atoms with Gasteiger partial charge in [-0.2, -0.15) is 0 Å². The van der Waals surface area contributed by atoms with Crippen molar-refractivity contribution in [1.29, 1.82) is 0 Å². The molecule has 2 rings (SSSR count). The first-order valence-corrected chi connectivity index (χ1v) is 6.65. The average molecular weight is 236 g/mol. The van der Waals surface area contributed by atoms with E-state index in [4.69, 9.17) is 4.42 Å². The first-order chi connectivity index (χ1) is 8.16. The number of furan rings is 1. The summed E-state index contributed by atoms with van der Waals surface area (Å²) in [6, 6.07) is 4.86. The smallest absolute Gasteiger partial charge is 0.120 e. The van der Waals surface area contributed by atoms with E-state index in [-0.39, 0.29) is 0 Å².